The molecule has 2 rings (SSSR count). The lowest BCUT2D eigenvalue weighted by Crippen LogP contribution is -2.07. The molecule has 0 aliphatic carbocycles. The van der Waals surface area contributed by atoms with Gasteiger partial charge in [-0.15, -0.1) is 0 Å². The van der Waals surface area contributed by atoms with Crippen LogP contribution in [0.3, 0.4) is 0 Å². The number of furan rings is 1. The summed E-state index contributed by atoms with van der Waals surface area (Å²) in [6, 6.07) is 12.2. The molecule has 0 aliphatic rings. The van der Waals surface area contributed by atoms with Crippen molar-refractivity contribution in [1.29, 1.82) is 0 Å². The van der Waals surface area contributed by atoms with Gasteiger partial charge in [-0.2, -0.15) is 0 Å². The van der Waals surface area contributed by atoms with Crippen molar-refractivity contribution in [1.82, 2.24) is 0 Å². The van der Waals surface area contributed by atoms with Crippen LogP contribution >= 0.6 is 0 Å². The van der Waals surface area contributed by atoms with Gasteiger partial charge in [0.1, 0.15) is 5.76 Å². The van der Waals surface area contributed by atoms with Crippen molar-refractivity contribution in [2.75, 3.05) is 19.0 Å². The second-order valence-electron chi connectivity index (χ2n) is 3.83. The highest BCUT2D eigenvalue weighted by Gasteiger charge is 1.94. The molecule has 0 unspecified atom stereocenters. The zero-order chi connectivity index (χ0) is 11.4. The van der Waals surface area contributed by atoms with E-state index in [1.165, 1.54) is 11.3 Å². The van der Waals surface area contributed by atoms with Crippen molar-refractivity contribution in [2.45, 2.75) is 0 Å². The molecule has 0 atom stereocenters. The highest BCUT2D eigenvalue weighted by atomic mass is 16.3. The van der Waals surface area contributed by atoms with Crippen LogP contribution in [0, 0.1) is 0 Å². The molecule has 0 saturated carbocycles. The molecule has 0 radical (unpaired) electrons. The second kappa shape index (κ2) is 4.71. The van der Waals surface area contributed by atoms with E-state index in [1.54, 1.807) is 6.26 Å². The molecule has 16 heavy (non-hydrogen) atoms. The molecule has 0 fully saturated rings. The van der Waals surface area contributed by atoms with Crippen LogP contribution in [0.5, 0.6) is 0 Å². The molecule has 1 aromatic carbocycles. The van der Waals surface area contributed by atoms with E-state index in [0.29, 0.717) is 0 Å². The standard InChI is InChI=1S/C14H15NO/c1-15(2)13-8-5-12(6-9-13)7-10-14-4-3-11-16-14/h3-11H,1-2H3. The van der Waals surface area contributed by atoms with Crippen molar-refractivity contribution in [3.8, 4) is 0 Å². The number of nitrogens with zero attached hydrogens (tertiary/aromatic N) is 1. The lowest BCUT2D eigenvalue weighted by atomic mass is 10.2. The average molecular weight is 213 g/mol. The second-order valence-corrected chi connectivity index (χ2v) is 3.83. The van der Waals surface area contributed by atoms with E-state index in [2.05, 4.69) is 29.2 Å². The maximum atomic E-state index is 5.22. The van der Waals surface area contributed by atoms with Gasteiger partial charge in [0, 0.05) is 19.8 Å². The number of anilines is 1. The molecule has 1 aromatic heterocycles. The van der Waals surface area contributed by atoms with Gasteiger partial charge in [0.2, 0.25) is 0 Å². The normalized spacial score (nSPS) is 10.9. The summed E-state index contributed by atoms with van der Waals surface area (Å²) < 4.78 is 5.22. The fourth-order valence-corrected chi connectivity index (χ4v) is 1.45. The number of hydrogen-bond acceptors (Lipinski definition) is 2. The van der Waals surface area contributed by atoms with Crippen molar-refractivity contribution in [2.24, 2.45) is 0 Å². The van der Waals surface area contributed by atoms with Crippen molar-refractivity contribution in [3.05, 3.63) is 54.0 Å². The zero-order valence-electron chi connectivity index (χ0n) is 9.55. The van der Waals surface area contributed by atoms with Crippen LogP contribution in [-0.4, -0.2) is 14.1 Å². The van der Waals surface area contributed by atoms with Crippen LogP contribution in [-0.2, 0) is 0 Å². The Balaban J connectivity index is 2.11. The third-order valence-electron chi connectivity index (χ3n) is 2.39. The van der Waals surface area contributed by atoms with Crippen molar-refractivity contribution >= 4 is 17.8 Å². The van der Waals surface area contributed by atoms with E-state index in [0.717, 1.165) is 5.76 Å². The average Bonchev–Trinajstić information content (AvgIpc) is 2.80. The van der Waals surface area contributed by atoms with Crippen LogP contribution in [0.15, 0.2) is 47.1 Å². The predicted molar refractivity (Wildman–Crippen MR) is 68.4 cm³/mol. The molecule has 2 nitrogen and oxygen atoms in total. The van der Waals surface area contributed by atoms with E-state index in [4.69, 9.17) is 4.42 Å². The third-order valence-corrected chi connectivity index (χ3v) is 2.39. The summed E-state index contributed by atoms with van der Waals surface area (Å²) in [5.74, 6) is 0.872. The molecule has 0 amide bonds. The molecule has 2 heteroatoms. The molecular formula is C14H15NO. The fraction of sp³-hybridized carbons (Fsp3) is 0.143. The Kier molecular flexibility index (Phi) is 3.10. The first-order chi connectivity index (χ1) is 7.75. The molecule has 0 spiro atoms. The predicted octanol–water partition coefficient (Wildman–Crippen LogP) is 3.52. The minimum atomic E-state index is 0.872. The van der Waals surface area contributed by atoms with Gasteiger partial charge in [0.15, 0.2) is 0 Å². The Morgan fingerprint density at radius 3 is 2.31 bits per heavy atom. The first-order valence-corrected chi connectivity index (χ1v) is 5.25. The number of hydrogen-bond donors (Lipinski definition) is 0. The molecule has 82 valence electrons. The Hall–Kier alpha value is -1.96. The van der Waals surface area contributed by atoms with E-state index >= 15 is 0 Å². The lowest BCUT2D eigenvalue weighted by Gasteiger charge is -2.11. The third kappa shape index (κ3) is 2.54. The first kappa shape index (κ1) is 10.6. The van der Waals surface area contributed by atoms with E-state index in [1.807, 2.05) is 38.4 Å². The highest BCUT2D eigenvalue weighted by molar-refractivity contribution is 5.68. The monoisotopic (exact) mass is 213 g/mol. The van der Waals surface area contributed by atoms with Crippen molar-refractivity contribution in [3.63, 3.8) is 0 Å². The Bertz CT molecular complexity index is 452. The Morgan fingerprint density at radius 1 is 1.00 bits per heavy atom. The minimum Gasteiger partial charge on any atom is -0.465 e. The summed E-state index contributed by atoms with van der Waals surface area (Å²) in [5.41, 5.74) is 2.37. The van der Waals surface area contributed by atoms with E-state index in [9.17, 15) is 0 Å². The summed E-state index contributed by atoms with van der Waals surface area (Å²) in [5, 5.41) is 0. The van der Waals surface area contributed by atoms with Gasteiger partial charge in [-0.1, -0.05) is 18.2 Å². The summed E-state index contributed by atoms with van der Waals surface area (Å²) in [6.45, 7) is 0. The van der Waals surface area contributed by atoms with E-state index < -0.39 is 0 Å². The van der Waals surface area contributed by atoms with Crippen LogP contribution in [0.2, 0.25) is 0 Å². The summed E-state index contributed by atoms with van der Waals surface area (Å²) in [6.07, 6.45) is 5.68. The fourth-order valence-electron chi connectivity index (χ4n) is 1.45. The van der Waals surface area contributed by atoms with Crippen LogP contribution in [0.4, 0.5) is 5.69 Å². The van der Waals surface area contributed by atoms with Crippen LogP contribution in [0.25, 0.3) is 12.2 Å². The zero-order valence-corrected chi connectivity index (χ0v) is 9.55. The summed E-state index contributed by atoms with van der Waals surface area (Å²) in [4.78, 5) is 2.08. The number of benzene rings is 1. The van der Waals surface area contributed by atoms with Gasteiger partial charge in [-0.3, -0.25) is 0 Å². The van der Waals surface area contributed by atoms with Gasteiger partial charge < -0.3 is 9.32 Å². The molecule has 1 heterocycles. The van der Waals surface area contributed by atoms with E-state index in [-0.39, 0.29) is 0 Å². The van der Waals surface area contributed by atoms with Gasteiger partial charge in [-0.05, 0) is 35.9 Å². The molecule has 0 bridgehead atoms. The topological polar surface area (TPSA) is 16.4 Å². The van der Waals surface area contributed by atoms with Gasteiger partial charge in [-0.25, -0.2) is 0 Å². The molecule has 0 aliphatic heterocycles. The van der Waals surface area contributed by atoms with Crippen molar-refractivity contribution < 1.29 is 4.42 Å². The molecular weight excluding hydrogens is 198 g/mol. The van der Waals surface area contributed by atoms with Gasteiger partial charge in [0.05, 0.1) is 6.26 Å². The molecule has 2 aromatic rings. The lowest BCUT2D eigenvalue weighted by molar-refractivity contribution is 0.557. The first-order valence-electron chi connectivity index (χ1n) is 5.25. The maximum Gasteiger partial charge on any atom is 0.126 e. The van der Waals surface area contributed by atoms with Crippen LogP contribution < -0.4 is 4.90 Å². The van der Waals surface area contributed by atoms with Gasteiger partial charge >= 0.3 is 0 Å². The number of rotatable bonds is 3. The molecule has 0 saturated heterocycles. The Labute approximate surface area is 95.8 Å². The SMILES string of the molecule is CN(C)c1ccc(C=Cc2ccco2)cc1. The maximum absolute atomic E-state index is 5.22. The highest BCUT2D eigenvalue weighted by Crippen LogP contribution is 2.14. The quantitative estimate of drug-likeness (QED) is 0.775. The molecule has 0 N–H and O–H groups in total. The van der Waals surface area contributed by atoms with Gasteiger partial charge in [0.25, 0.3) is 0 Å². The van der Waals surface area contributed by atoms with Crippen LogP contribution in [0.1, 0.15) is 11.3 Å². The largest absolute Gasteiger partial charge is 0.465 e. The summed E-state index contributed by atoms with van der Waals surface area (Å²) in [7, 11) is 4.07. The minimum absolute atomic E-state index is 0.872. The smallest absolute Gasteiger partial charge is 0.126 e. The summed E-state index contributed by atoms with van der Waals surface area (Å²) >= 11 is 0. The Morgan fingerprint density at radius 2 is 1.75 bits per heavy atom.